The number of benzene rings is 2. The minimum absolute atomic E-state index is 0.0936. The molecule has 0 aliphatic carbocycles. The summed E-state index contributed by atoms with van der Waals surface area (Å²) in [6.07, 6.45) is 0. The Kier molecular flexibility index (Phi) is 3.48. The fourth-order valence-corrected chi connectivity index (χ4v) is 2.05. The molecule has 3 aromatic rings. The van der Waals surface area contributed by atoms with Gasteiger partial charge in [0.15, 0.2) is 17.5 Å². The second-order valence-electron chi connectivity index (χ2n) is 4.57. The Hall–Kier alpha value is -2.56. The molecule has 5 heteroatoms. The van der Waals surface area contributed by atoms with Crippen LogP contribution < -0.4 is 5.32 Å². The highest BCUT2D eigenvalue weighted by Crippen LogP contribution is 2.20. The molecule has 2 aromatic carbocycles. The van der Waals surface area contributed by atoms with E-state index in [0.29, 0.717) is 5.69 Å². The monoisotopic (exact) mass is 288 g/mol. The smallest absolute Gasteiger partial charge is 0.196 e. The molecule has 3 rings (SSSR count). The lowest BCUT2D eigenvalue weighted by Gasteiger charge is -2.08. The van der Waals surface area contributed by atoms with Crippen LogP contribution in [0.4, 0.5) is 18.9 Å². The molecule has 2 nitrogen and oxygen atoms in total. The Morgan fingerprint density at radius 3 is 2.52 bits per heavy atom. The maximum absolute atomic E-state index is 13.5. The molecular formula is C16H11F3N2. The van der Waals surface area contributed by atoms with Gasteiger partial charge in [-0.1, -0.05) is 24.3 Å². The highest BCUT2D eigenvalue weighted by atomic mass is 19.2. The van der Waals surface area contributed by atoms with Crippen LogP contribution in [0.25, 0.3) is 10.9 Å². The minimum atomic E-state index is -1.48. The molecule has 0 radical (unpaired) electrons. The van der Waals surface area contributed by atoms with Crippen LogP contribution in [-0.2, 0) is 6.54 Å². The van der Waals surface area contributed by atoms with Gasteiger partial charge >= 0.3 is 0 Å². The average molecular weight is 288 g/mol. The molecule has 0 amide bonds. The van der Waals surface area contributed by atoms with Gasteiger partial charge in [-0.15, -0.1) is 0 Å². The molecule has 106 valence electrons. The third kappa shape index (κ3) is 2.67. The van der Waals surface area contributed by atoms with Gasteiger partial charge in [-0.25, -0.2) is 13.2 Å². The number of anilines is 1. The first-order chi connectivity index (χ1) is 10.1. The van der Waals surface area contributed by atoms with Crippen molar-refractivity contribution in [1.82, 2.24) is 4.98 Å². The number of rotatable bonds is 3. The van der Waals surface area contributed by atoms with Crippen molar-refractivity contribution in [3.63, 3.8) is 0 Å². The van der Waals surface area contributed by atoms with Crippen molar-refractivity contribution < 1.29 is 13.2 Å². The van der Waals surface area contributed by atoms with E-state index < -0.39 is 17.5 Å². The van der Waals surface area contributed by atoms with Gasteiger partial charge in [-0.3, -0.25) is 4.98 Å². The Balaban J connectivity index is 1.82. The van der Waals surface area contributed by atoms with Crippen LogP contribution >= 0.6 is 0 Å². The zero-order chi connectivity index (χ0) is 14.8. The number of pyridine rings is 1. The Labute approximate surface area is 119 Å². The van der Waals surface area contributed by atoms with E-state index in [4.69, 9.17) is 0 Å². The second kappa shape index (κ2) is 5.44. The number of hydrogen-bond donors (Lipinski definition) is 1. The highest BCUT2D eigenvalue weighted by molar-refractivity contribution is 5.78. The standard InChI is InChI=1S/C16H11F3N2/c17-12-7-8-14(16(19)15(12)18)20-9-11-6-5-10-3-1-2-4-13(10)21-11/h1-8,20H,9H2. The van der Waals surface area contributed by atoms with Crippen LogP contribution in [0.2, 0.25) is 0 Å². The van der Waals surface area contributed by atoms with E-state index >= 15 is 0 Å². The van der Waals surface area contributed by atoms with Crippen molar-refractivity contribution in [2.75, 3.05) is 5.32 Å². The molecular weight excluding hydrogens is 277 g/mol. The highest BCUT2D eigenvalue weighted by Gasteiger charge is 2.13. The Morgan fingerprint density at radius 1 is 0.857 bits per heavy atom. The molecule has 0 saturated carbocycles. The van der Waals surface area contributed by atoms with E-state index in [-0.39, 0.29) is 12.2 Å². The maximum Gasteiger partial charge on any atom is 0.196 e. The van der Waals surface area contributed by atoms with Crippen molar-refractivity contribution in [2.24, 2.45) is 0 Å². The topological polar surface area (TPSA) is 24.9 Å². The zero-order valence-corrected chi connectivity index (χ0v) is 10.9. The Bertz CT molecular complexity index is 803. The maximum atomic E-state index is 13.5. The molecule has 0 aliphatic rings. The fraction of sp³-hybridized carbons (Fsp3) is 0.0625. The molecule has 0 saturated heterocycles. The molecule has 1 aromatic heterocycles. The molecule has 1 N–H and O–H groups in total. The average Bonchev–Trinajstić information content (AvgIpc) is 2.52. The van der Waals surface area contributed by atoms with Gasteiger partial charge in [0.05, 0.1) is 23.4 Å². The largest absolute Gasteiger partial charge is 0.377 e. The summed E-state index contributed by atoms with van der Waals surface area (Å²) in [5.74, 6) is -3.91. The van der Waals surface area contributed by atoms with Crippen LogP contribution in [0.5, 0.6) is 0 Å². The van der Waals surface area contributed by atoms with E-state index in [2.05, 4.69) is 10.3 Å². The lowest BCUT2D eigenvalue weighted by molar-refractivity contribution is 0.449. The third-order valence-electron chi connectivity index (χ3n) is 3.15. The summed E-state index contributed by atoms with van der Waals surface area (Å²) < 4.78 is 39.5. The quantitative estimate of drug-likeness (QED) is 0.728. The summed E-state index contributed by atoms with van der Waals surface area (Å²) in [7, 11) is 0. The summed E-state index contributed by atoms with van der Waals surface area (Å²) in [6.45, 7) is 0.215. The van der Waals surface area contributed by atoms with Crippen LogP contribution in [0.15, 0.2) is 48.5 Å². The number of aromatic nitrogens is 1. The first kappa shape index (κ1) is 13.4. The molecule has 0 atom stereocenters. The molecule has 0 aliphatic heterocycles. The molecule has 0 bridgehead atoms. The summed E-state index contributed by atoms with van der Waals surface area (Å²) >= 11 is 0. The number of nitrogens with one attached hydrogen (secondary N) is 1. The predicted octanol–water partition coefficient (Wildman–Crippen LogP) is 4.26. The lowest BCUT2D eigenvalue weighted by Crippen LogP contribution is -2.05. The zero-order valence-electron chi connectivity index (χ0n) is 10.9. The molecule has 0 spiro atoms. The van der Waals surface area contributed by atoms with E-state index in [1.165, 1.54) is 0 Å². The Morgan fingerprint density at radius 2 is 1.67 bits per heavy atom. The van der Waals surface area contributed by atoms with Crippen molar-refractivity contribution in [2.45, 2.75) is 6.54 Å². The minimum Gasteiger partial charge on any atom is -0.377 e. The SMILES string of the molecule is Fc1ccc(NCc2ccc3ccccc3n2)c(F)c1F. The normalized spacial score (nSPS) is 10.8. The first-order valence-corrected chi connectivity index (χ1v) is 6.37. The van der Waals surface area contributed by atoms with Gasteiger partial charge in [0.2, 0.25) is 0 Å². The number of nitrogens with zero attached hydrogens (tertiary/aromatic N) is 1. The summed E-state index contributed by atoms with van der Waals surface area (Å²) in [4.78, 5) is 4.41. The fourth-order valence-electron chi connectivity index (χ4n) is 2.05. The molecule has 21 heavy (non-hydrogen) atoms. The molecule has 0 unspecified atom stereocenters. The van der Waals surface area contributed by atoms with Gasteiger partial charge < -0.3 is 5.32 Å². The van der Waals surface area contributed by atoms with Crippen molar-refractivity contribution in [3.8, 4) is 0 Å². The third-order valence-corrected chi connectivity index (χ3v) is 3.15. The van der Waals surface area contributed by atoms with Gasteiger partial charge in [-0.2, -0.15) is 0 Å². The van der Waals surface area contributed by atoms with Gasteiger partial charge in [0.25, 0.3) is 0 Å². The second-order valence-corrected chi connectivity index (χ2v) is 4.57. The summed E-state index contributed by atoms with van der Waals surface area (Å²) in [5, 5.41) is 3.72. The number of halogens is 3. The summed E-state index contributed by atoms with van der Waals surface area (Å²) in [5.41, 5.74) is 1.41. The van der Waals surface area contributed by atoms with Crippen molar-refractivity contribution in [3.05, 3.63) is 71.7 Å². The van der Waals surface area contributed by atoms with E-state index in [9.17, 15) is 13.2 Å². The van der Waals surface area contributed by atoms with Gasteiger partial charge in [0.1, 0.15) is 0 Å². The van der Waals surface area contributed by atoms with Crippen molar-refractivity contribution in [1.29, 1.82) is 0 Å². The van der Waals surface area contributed by atoms with Gasteiger partial charge in [-0.05, 0) is 24.3 Å². The van der Waals surface area contributed by atoms with E-state index in [0.717, 1.165) is 23.0 Å². The number of hydrogen-bond acceptors (Lipinski definition) is 2. The molecule has 1 heterocycles. The van der Waals surface area contributed by atoms with Crippen molar-refractivity contribution >= 4 is 16.6 Å². The summed E-state index contributed by atoms with van der Waals surface area (Å²) in [6, 6.07) is 13.4. The lowest BCUT2D eigenvalue weighted by atomic mass is 10.2. The van der Waals surface area contributed by atoms with Gasteiger partial charge in [0, 0.05) is 5.39 Å². The number of fused-ring (bicyclic) bond motifs is 1. The van der Waals surface area contributed by atoms with E-state index in [1.54, 1.807) is 6.07 Å². The van der Waals surface area contributed by atoms with Crippen LogP contribution in [-0.4, -0.2) is 4.98 Å². The first-order valence-electron chi connectivity index (χ1n) is 6.37. The van der Waals surface area contributed by atoms with Crippen LogP contribution in [0.3, 0.4) is 0 Å². The number of para-hydroxylation sites is 1. The predicted molar refractivity (Wildman–Crippen MR) is 75.4 cm³/mol. The van der Waals surface area contributed by atoms with Crippen LogP contribution in [0, 0.1) is 17.5 Å². The van der Waals surface area contributed by atoms with Crippen LogP contribution in [0.1, 0.15) is 5.69 Å². The van der Waals surface area contributed by atoms with E-state index in [1.807, 2.05) is 30.3 Å². The molecule has 0 fully saturated rings.